The summed E-state index contributed by atoms with van der Waals surface area (Å²) >= 11 is 2.81. The third-order valence-corrected chi connectivity index (χ3v) is 5.65. The number of hydrogen-bond donors (Lipinski definition) is 1. The van der Waals surface area contributed by atoms with Gasteiger partial charge >= 0.3 is 0 Å². The molecule has 0 aliphatic carbocycles. The number of ether oxygens (including phenoxy) is 2. The minimum Gasteiger partial charge on any atom is -0.490 e. The second-order valence-electron chi connectivity index (χ2n) is 5.69. The Morgan fingerprint density at radius 3 is 2.55 bits per heavy atom. The number of aromatic nitrogens is 2. The molecule has 3 rings (SSSR count). The Bertz CT molecular complexity index is 999. The summed E-state index contributed by atoms with van der Waals surface area (Å²) in [5, 5.41) is 20.0. The Hall–Kier alpha value is -3.09. The lowest BCUT2D eigenvalue weighted by atomic mass is 10.2. The van der Waals surface area contributed by atoms with Crippen molar-refractivity contribution in [2.24, 2.45) is 0 Å². The Labute approximate surface area is 176 Å². The Kier molecular flexibility index (Phi) is 7.44. The van der Waals surface area contributed by atoms with Crippen LogP contribution < -0.4 is 14.8 Å². The topological polar surface area (TPSA) is 97.1 Å². The van der Waals surface area contributed by atoms with E-state index < -0.39 is 0 Å². The normalized spacial score (nSPS) is 10.2. The summed E-state index contributed by atoms with van der Waals surface area (Å²) in [6.45, 7) is 2.24. The fourth-order valence-corrected chi connectivity index (χ4v) is 4.01. The van der Waals surface area contributed by atoms with Crippen molar-refractivity contribution >= 4 is 34.1 Å². The van der Waals surface area contributed by atoms with E-state index in [9.17, 15) is 4.79 Å². The van der Waals surface area contributed by atoms with Gasteiger partial charge in [-0.25, -0.2) is 0 Å². The van der Waals surface area contributed by atoms with Crippen molar-refractivity contribution in [1.29, 1.82) is 5.26 Å². The third-order valence-electron chi connectivity index (χ3n) is 3.61. The molecular weight excluding hydrogens is 408 g/mol. The summed E-state index contributed by atoms with van der Waals surface area (Å²) in [4.78, 5) is 12.1. The SMILES string of the molecule is CCOc1ccccc1OCC(=O)Nc1nnc(SCc2ccc(C#N)cc2)s1. The van der Waals surface area contributed by atoms with Crippen LogP contribution in [0.4, 0.5) is 5.13 Å². The number of rotatable bonds is 9. The monoisotopic (exact) mass is 426 g/mol. The number of nitrogens with zero attached hydrogens (tertiary/aromatic N) is 3. The first-order chi connectivity index (χ1) is 14.2. The zero-order chi connectivity index (χ0) is 20.5. The average Bonchev–Trinajstić information content (AvgIpc) is 3.19. The second-order valence-corrected chi connectivity index (χ2v) is 7.89. The molecule has 29 heavy (non-hydrogen) atoms. The van der Waals surface area contributed by atoms with Crippen LogP contribution in [-0.4, -0.2) is 29.3 Å². The second kappa shape index (κ2) is 10.5. The summed E-state index contributed by atoms with van der Waals surface area (Å²) < 4.78 is 11.8. The van der Waals surface area contributed by atoms with Crippen LogP contribution in [0.15, 0.2) is 52.9 Å². The van der Waals surface area contributed by atoms with Crippen LogP contribution in [0, 0.1) is 11.3 Å². The molecule has 0 saturated carbocycles. The number of carbonyl (C=O) groups excluding carboxylic acids is 1. The highest BCUT2D eigenvalue weighted by atomic mass is 32.2. The molecule has 1 N–H and O–H groups in total. The van der Waals surface area contributed by atoms with Crippen LogP contribution in [0.25, 0.3) is 0 Å². The van der Waals surface area contributed by atoms with E-state index in [1.165, 1.54) is 23.1 Å². The molecule has 9 heteroatoms. The molecule has 0 unspecified atom stereocenters. The zero-order valence-corrected chi connectivity index (χ0v) is 17.3. The van der Waals surface area contributed by atoms with Gasteiger partial charge in [0, 0.05) is 5.75 Å². The van der Waals surface area contributed by atoms with Gasteiger partial charge in [0.15, 0.2) is 22.4 Å². The molecule has 1 aromatic heterocycles. The first-order valence-corrected chi connectivity index (χ1v) is 10.6. The van der Waals surface area contributed by atoms with Crippen molar-refractivity contribution in [1.82, 2.24) is 10.2 Å². The van der Waals surface area contributed by atoms with Crippen LogP contribution in [0.3, 0.4) is 0 Å². The highest BCUT2D eigenvalue weighted by Crippen LogP contribution is 2.29. The van der Waals surface area contributed by atoms with Crippen LogP contribution >= 0.6 is 23.1 Å². The lowest BCUT2D eigenvalue weighted by Gasteiger charge is -2.10. The lowest BCUT2D eigenvalue weighted by Crippen LogP contribution is -2.20. The van der Waals surface area contributed by atoms with E-state index >= 15 is 0 Å². The van der Waals surface area contributed by atoms with Gasteiger partial charge in [-0.1, -0.05) is 47.4 Å². The number of hydrogen-bond acceptors (Lipinski definition) is 8. The molecule has 148 valence electrons. The van der Waals surface area contributed by atoms with E-state index in [0.29, 0.717) is 34.6 Å². The number of amides is 1. The maximum Gasteiger partial charge on any atom is 0.264 e. The highest BCUT2D eigenvalue weighted by Gasteiger charge is 2.11. The van der Waals surface area contributed by atoms with Gasteiger partial charge in [0.25, 0.3) is 5.91 Å². The van der Waals surface area contributed by atoms with Gasteiger partial charge in [0.1, 0.15) is 0 Å². The van der Waals surface area contributed by atoms with Crippen LogP contribution in [0.2, 0.25) is 0 Å². The molecule has 1 heterocycles. The molecule has 0 fully saturated rings. The number of para-hydroxylation sites is 2. The Morgan fingerprint density at radius 1 is 1.14 bits per heavy atom. The molecule has 3 aromatic rings. The van der Waals surface area contributed by atoms with Crippen molar-refractivity contribution in [2.45, 2.75) is 17.0 Å². The molecule has 2 aromatic carbocycles. The number of anilines is 1. The Balaban J connectivity index is 1.48. The predicted molar refractivity (Wildman–Crippen MR) is 112 cm³/mol. The maximum absolute atomic E-state index is 12.1. The molecule has 0 spiro atoms. The number of nitriles is 1. The minimum atomic E-state index is -0.323. The van der Waals surface area contributed by atoms with Gasteiger partial charge < -0.3 is 9.47 Å². The van der Waals surface area contributed by atoms with E-state index in [1.807, 2.05) is 31.2 Å². The fourth-order valence-electron chi connectivity index (χ4n) is 2.28. The molecule has 0 aliphatic rings. The van der Waals surface area contributed by atoms with Crippen molar-refractivity contribution < 1.29 is 14.3 Å². The lowest BCUT2D eigenvalue weighted by molar-refractivity contribution is -0.118. The molecule has 1 amide bonds. The van der Waals surface area contributed by atoms with E-state index in [-0.39, 0.29) is 12.5 Å². The molecule has 0 aliphatic heterocycles. The van der Waals surface area contributed by atoms with Crippen LogP contribution in [-0.2, 0) is 10.5 Å². The highest BCUT2D eigenvalue weighted by molar-refractivity contribution is 8.00. The first-order valence-electron chi connectivity index (χ1n) is 8.77. The van der Waals surface area contributed by atoms with E-state index in [4.69, 9.17) is 14.7 Å². The summed E-state index contributed by atoms with van der Waals surface area (Å²) in [6.07, 6.45) is 0. The van der Waals surface area contributed by atoms with Crippen molar-refractivity contribution in [3.8, 4) is 17.6 Å². The molecule has 0 radical (unpaired) electrons. The van der Waals surface area contributed by atoms with Crippen molar-refractivity contribution in [3.63, 3.8) is 0 Å². The summed E-state index contributed by atoms with van der Waals surface area (Å²) in [5.74, 6) is 1.49. The van der Waals surface area contributed by atoms with Crippen LogP contribution in [0.1, 0.15) is 18.1 Å². The van der Waals surface area contributed by atoms with Gasteiger partial charge in [-0.05, 0) is 36.8 Å². The Morgan fingerprint density at radius 2 is 1.86 bits per heavy atom. The number of nitrogens with one attached hydrogen (secondary N) is 1. The smallest absolute Gasteiger partial charge is 0.264 e. The fraction of sp³-hybridized carbons (Fsp3) is 0.200. The van der Waals surface area contributed by atoms with Gasteiger partial charge in [-0.3, -0.25) is 10.1 Å². The van der Waals surface area contributed by atoms with E-state index in [0.717, 1.165) is 9.90 Å². The third kappa shape index (κ3) is 6.20. The van der Waals surface area contributed by atoms with Gasteiger partial charge in [0.2, 0.25) is 5.13 Å². The van der Waals surface area contributed by atoms with E-state index in [1.54, 1.807) is 24.3 Å². The standard InChI is InChI=1S/C20H18N4O3S2/c1-2-26-16-5-3-4-6-17(16)27-12-18(25)22-19-23-24-20(29-19)28-13-15-9-7-14(11-21)8-10-15/h3-10H,2,12-13H2,1H3,(H,22,23,25). The van der Waals surface area contributed by atoms with Gasteiger partial charge in [0.05, 0.1) is 18.2 Å². The van der Waals surface area contributed by atoms with Gasteiger partial charge in [-0.15, -0.1) is 10.2 Å². The molecule has 7 nitrogen and oxygen atoms in total. The molecule has 0 saturated heterocycles. The number of thioether (sulfide) groups is 1. The van der Waals surface area contributed by atoms with Crippen molar-refractivity contribution in [2.75, 3.05) is 18.5 Å². The number of benzene rings is 2. The summed E-state index contributed by atoms with van der Waals surface area (Å²) in [5.41, 5.74) is 1.71. The largest absolute Gasteiger partial charge is 0.490 e. The predicted octanol–water partition coefficient (Wildman–Crippen LogP) is 4.12. The first kappa shape index (κ1) is 20.6. The quantitative estimate of drug-likeness (QED) is 0.406. The molecule has 0 bridgehead atoms. The van der Waals surface area contributed by atoms with Crippen LogP contribution in [0.5, 0.6) is 11.5 Å². The van der Waals surface area contributed by atoms with Gasteiger partial charge in [-0.2, -0.15) is 5.26 Å². The molecular formula is C20H18N4O3S2. The minimum absolute atomic E-state index is 0.155. The summed E-state index contributed by atoms with van der Waals surface area (Å²) in [7, 11) is 0. The maximum atomic E-state index is 12.1. The number of carbonyl (C=O) groups is 1. The van der Waals surface area contributed by atoms with Crippen molar-refractivity contribution in [3.05, 3.63) is 59.7 Å². The van der Waals surface area contributed by atoms with E-state index in [2.05, 4.69) is 21.6 Å². The average molecular weight is 427 g/mol. The zero-order valence-electron chi connectivity index (χ0n) is 15.6. The molecule has 0 atom stereocenters. The summed E-state index contributed by atoms with van der Waals surface area (Å²) in [6, 6.07) is 16.7.